The Kier molecular flexibility index (Phi) is 2.69. The van der Waals surface area contributed by atoms with E-state index in [1.807, 2.05) is 25.1 Å². The maximum Gasteiger partial charge on any atom is 0.325 e. The molecule has 1 aromatic rings. The summed E-state index contributed by atoms with van der Waals surface area (Å²) in [6.45, 7) is 1.89. The van der Waals surface area contributed by atoms with E-state index in [2.05, 4.69) is 4.98 Å². The fourth-order valence-corrected chi connectivity index (χ4v) is 3.20. The fourth-order valence-electron chi connectivity index (χ4n) is 1.89. The zero-order valence-electron chi connectivity index (χ0n) is 8.56. The van der Waals surface area contributed by atoms with Gasteiger partial charge in [0.25, 0.3) is 0 Å². The molecule has 2 heterocycles. The first-order chi connectivity index (χ1) is 7.15. The topological polar surface area (TPSA) is 50.2 Å². The van der Waals surface area contributed by atoms with Crippen LogP contribution in [0.1, 0.15) is 24.2 Å². The minimum atomic E-state index is -0.800. The lowest BCUT2D eigenvalue weighted by molar-refractivity contribution is -0.140. The van der Waals surface area contributed by atoms with Gasteiger partial charge >= 0.3 is 5.97 Å². The number of hydrogen-bond acceptors (Lipinski definition) is 3. The van der Waals surface area contributed by atoms with Crippen LogP contribution >= 0.6 is 11.8 Å². The molecule has 3 nitrogen and oxygen atoms in total. The van der Waals surface area contributed by atoms with Crippen molar-refractivity contribution in [2.75, 3.05) is 5.75 Å². The third-order valence-corrected chi connectivity index (χ3v) is 4.24. The lowest BCUT2D eigenvalue weighted by Gasteiger charge is -2.22. The molecule has 0 bridgehead atoms. The first kappa shape index (κ1) is 10.5. The van der Waals surface area contributed by atoms with Gasteiger partial charge < -0.3 is 5.11 Å². The second kappa shape index (κ2) is 3.85. The molecule has 1 saturated heterocycles. The van der Waals surface area contributed by atoms with E-state index in [0.29, 0.717) is 12.1 Å². The Balaban J connectivity index is 2.45. The summed E-state index contributed by atoms with van der Waals surface area (Å²) >= 11 is 1.50. The average molecular weight is 223 g/mol. The molecular weight excluding hydrogens is 210 g/mol. The molecule has 4 heteroatoms. The van der Waals surface area contributed by atoms with Gasteiger partial charge in [0, 0.05) is 5.69 Å². The number of aliphatic carboxylic acids is 1. The smallest absolute Gasteiger partial charge is 0.325 e. The van der Waals surface area contributed by atoms with Crippen molar-refractivity contribution in [3.05, 3.63) is 29.6 Å². The predicted octanol–water partition coefficient (Wildman–Crippen LogP) is 2.20. The van der Waals surface area contributed by atoms with E-state index in [0.717, 1.165) is 17.9 Å². The normalized spacial score (nSPS) is 25.4. The number of thioether (sulfide) groups is 1. The largest absolute Gasteiger partial charge is 0.480 e. The van der Waals surface area contributed by atoms with Gasteiger partial charge in [0.2, 0.25) is 0 Å². The lowest BCUT2D eigenvalue weighted by atomic mass is 9.98. The molecule has 0 radical (unpaired) electrons. The van der Waals surface area contributed by atoms with Crippen LogP contribution in [-0.2, 0) is 9.54 Å². The maximum atomic E-state index is 11.4. The van der Waals surface area contributed by atoms with Crippen molar-refractivity contribution < 1.29 is 9.90 Å². The molecule has 0 saturated carbocycles. The summed E-state index contributed by atoms with van der Waals surface area (Å²) in [7, 11) is 0. The van der Waals surface area contributed by atoms with Crippen molar-refractivity contribution in [2.45, 2.75) is 24.5 Å². The maximum absolute atomic E-state index is 11.4. The number of pyridine rings is 1. The predicted molar refractivity (Wildman–Crippen MR) is 60.0 cm³/mol. The van der Waals surface area contributed by atoms with Crippen molar-refractivity contribution in [3.63, 3.8) is 0 Å². The van der Waals surface area contributed by atoms with Crippen molar-refractivity contribution in [3.8, 4) is 0 Å². The Morgan fingerprint density at radius 2 is 2.40 bits per heavy atom. The molecular formula is C11H13NO2S. The number of nitrogens with zero attached hydrogens (tertiary/aromatic N) is 1. The Morgan fingerprint density at radius 1 is 1.60 bits per heavy atom. The van der Waals surface area contributed by atoms with Crippen molar-refractivity contribution in [1.29, 1.82) is 0 Å². The number of hydrogen-bond donors (Lipinski definition) is 1. The Hall–Kier alpha value is -1.03. The second-order valence-electron chi connectivity index (χ2n) is 3.75. The van der Waals surface area contributed by atoms with Crippen LogP contribution in [0.15, 0.2) is 18.2 Å². The first-order valence-corrected chi connectivity index (χ1v) is 5.95. The van der Waals surface area contributed by atoms with Crippen LogP contribution in [0.2, 0.25) is 0 Å². The number of aromatic nitrogens is 1. The molecule has 1 aliphatic rings. The van der Waals surface area contributed by atoms with Crippen LogP contribution < -0.4 is 0 Å². The molecule has 2 rings (SSSR count). The number of carboxylic acid groups (broad SMARTS) is 1. The minimum absolute atomic E-state index is 0.684. The highest BCUT2D eigenvalue weighted by Crippen LogP contribution is 2.46. The number of carbonyl (C=O) groups is 1. The zero-order valence-corrected chi connectivity index (χ0v) is 9.38. The van der Waals surface area contributed by atoms with Crippen molar-refractivity contribution in [1.82, 2.24) is 4.98 Å². The molecule has 1 aliphatic heterocycles. The molecule has 1 unspecified atom stereocenters. The summed E-state index contributed by atoms with van der Waals surface area (Å²) in [5.41, 5.74) is 1.57. The highest BCUT2D eigenvalue weighted by atomic mass is 32.2. The quantitative estimate of drug-likeness (QED) is 0.835. The third kappa shape index (κ3) is 1.74. The van der Waals surface area contributed by atoms with E-state index in [-0.39, 0.29) is 0 Å². The molecule has 0 aromatic carbocycles. The monoisotopic (exact) mass is 223 g/mol. The zero-order chi connectivity index (χ0) is 10.9. The van der Waals surface area contributed by atoms with Crippen LogP contribution in [0.3, 0.4) is 0 Å². The summed E-state index contributed by atoms with van der Waals surface area (Å²) in [6.07, 6.45) is 1.63. The van der Waals surface area contributed by atoms with Gasteiger partial charge in [0.1, 0.15) is 0 Å². The lowest BCUT2D eigenvalue weighted by Crippen LogP contribution is -2.30. The van der Waals surface area contributed by atoms with E-state index in [1.165, 1.54) is 11.8 Å². The van der Waals surface area contributed by atoms with Crippen molar-refractivity contribution in [2.24, 2.45) is 0 Å². The minimum Gasteiger partial charge on any atom is -0.480 e. The summed E-state index contributed by atoms with van der Waals surface area (Å²) in [5, 5.41) is 9.35. The molecule has 1 fully saturated rings. The van der Waals surface area contributed by atoms with Gasteiger partial charge in [-0.25, -0.2) is 0 Å². The molecule has 0 amide bonds. The van der Waals surface area contributed by atoms with Crippen LogP contribution in [0.25, 0.3) is 0 Å². The van der Waals surface area contributed by atoms with Crippen molar-refractivity contribution >= 4 is 17.7 Å². The fraction of sp³-hybridized carbons (Fsp3) is 0.455. The highest BCUT2D eigenvalue weighted by molar-refractivity contribution is 8.01. The number of rotatable bonds is 2. The van der Waals surface area contributed by atoms with Gasteiger partial charge in [-0.05, 0) is 37.7 Å². The molecule has 1 atom stereocenters. The Morgan fingerprint density at radius 3 is 2.93 bits per heavy atom. The standard InChI is InChI=1S/C11H13NO2S/c1-8-4-2-5-9(12-8)11(10(13)14)6-3-7-15-11/h2,4-5H,3,6-7H2,1H3,(H,13,14). The number of carboxylic acids is 1. The second-order valence-corrected chi connectivity index (χ2v) is 5.14. The molecule has 1 aromatic heterocycles. The summed E-state index contributed by atoms with van der Waals surface area (Å²) < 4.78 is -0.800. The molecule has 0 spiro atoms. The van der Waals surface area contributed by atoms with Crippen LogP contribution in [0, 0.1) is 6.92 Å². The number of aryl methyl sites for hydroxylation is 1. The molecule has 1 N–H and O–H groups in total. The SMILES string of the molecule is Cc1cccc(C2(C(=O)O)CCCS2)n1. The van der Waals surface area contributed by atoms with E-state index in [9.17, 15) is 9.90 Å². The van der Waals surface area contributed by atoms with Crippen LogP contribution in [-0.4, -0.2) is 21.8 Å². The van der Waals surface area contributed by atoms with Crippen LogP contribution in [0.5, 0.6) is 0 Å². The Labute approximate surface area is 92.9 Å². The van der Waals surface area contributed by atoms with E-state index >= 15 is 0 Å². The third-order valence-electron chi connectivity index (χ3n) is 2.67. The summed E-state index contributed by atoms with van der Waals surface area (Å²) in [6, 6.07) is 5.58. The highest BCUT2D eigenvalue weighted by Gasteiger charge is 2.45. The van der Waals surface area contributed by atoms with Gasteiger partial charge in [-0.2, -0.15) is 0 Å². The molecule has 0 aliphatic carbocycles. The first-order valence-electron chi connectivity index (χ1n) is 4.97. The van der Waals surface area contributed by atoms with Gasteiger partial charge in [-0.1, -0.05) is 6.07 Å². The van der Waals surface area contributed by atoms with E-state index < -0.39 is 10.7 Å². The van der Waals surface area contributed by atoms with Gasteiger partial charge in [-0.3, -0.25) is 9.78 Å². The average Bonchev–Trinajstić information content (AvgIpc) is 2.67. The van der Waals surface area contributed by atoms with Gasteiger partial charge in [0.05, 0.1) is 5.69 Å². The van der Waals surface area contributed by atoms with E-state index in [1.54, 1.807) is 0 Å². The van der Waals surface area contributed by atoms with Gasteiger partial charge in [0.15, 0.2) is 4.75 Å². The summed E-state index contributed by atoms with van der Waals surface area (Å²) in [5.74, 6) is 0.144. The molecule has 80 valence electrons. The van der Waals surface area contributed by atoms with Crippen LogP contribution in [0.4, 0.5) is 0 Å². The molecule has 15 heavy (non-hydrogen) atoms. The van der Waals surface area contributed by atoms with E-state index in [4.69, 9.17) is 0 Å². The summed E-state index contributed by atoms with van der Waals surface area (Å²) in [4.78, 5) is 15.7. The van der Waals surface area contributed by atoms with Gasteiger partial charge in [-0.15, -0.1) is 11.8 Å². The Bertz CT molecular complexity index is 386.